The summed E-state index contributed by atoms with van der Waals surface area (Å²) < 4.78 is 0. The summed E-state index contributed by atoms with van der Waals surface area (Å²) >= 11 is 31.9. The molecule has 0 aliphatic heterocycles. The summed E-state index contributed by atoms with van der Waals surface area (Å²) in [5.41, 5.74) is 27.2. The van der Waals surface area contributed by atoms with Crippen molar-refractivity contribution in [2.24, 2.45) is 20.0 Å². The van der Waals surface area contributed by atoms with Crippen LogP contribution in [-0.4, -0.2) is 60.9 Å². The maximum atomic E-state index is 10.8. The van der Waals surface area contributed by atoms with E-state index in [2.05, 4.69) is 29.2 Å². The molecule has 12 nitrogen and oxygen atoms in total. The molecular weight excluding hydrogens is 1450 g/mol. The van der Waals surface area contributed by atoms with Crippen LogP contribution in [0.4, 0.5) is 28.4 Å². The molecule has 0 aliphatic rings. The fraction of sp³-hybridized carbons (Fsp3) is 0.257. The molecule has 23 heteroatoms. The Kier molecular flexibility index (Phi) is 41.6. The SMILES string of the molecule is C.C.CC(=Nc1c(C)cc(C)cc1Cl)c1cccc(C(C)=Nc2c(C)cc(C)cc2Cl)n1.CC(=Nc1c(C)cc(C)cc1Cl)c1cccc(C(C)=Nc2c(C)cc(C)cc2Cl)n1.CC(=O)c1cccc(C(C)=O)n1.Cc1cc(C)c(N)c(Cl)c1.O=CO.[Cl][Fe][Cl].[Cl][Fe][Cl]. The van der Waals surface area contributed by atoms with Crippen molar-refractivity contribution in [3.8, 4) is 0 Å². The van der Waals surface area contributed by atoms with Crippen molar-refractivity contribution >= 4 is 168 Å². The summed E-state index contributed by atoms with van der Waals surface area (Å²) in [6, 6.07) is 36.4. The minimum absolute atomic E-state index is 0. The van der Waals surface area contributed by atoms with Crippen LogP contribution < -0.4 is 5.73 Å². The summed E-state index contributed by atoms with van der Waals surface area (Å²) in [5, 5.41) is 10.1. The molecule has 0 bridgehead atoms. The Labute approximate surface area is 604 Å². The molecule has 8 rings (SSSR count). The molecule has 8 aromatic rings. The number of carbonyl (C=O) groups excluding carboxylic acids is 2. The fourth-order valence-electron chi connectivity index (χ4n) is 8.53. The zero-order valence-corrected chi connectivity index (χ0v) is 62.0. The number of nitrogens with zero attached hydrogens (tertiary/aromatic N) is 7. The van der Waals surface area contributed by atoms with Crippen molar-refractivity contribution in [1.82, 2.24) is 15.0 Å². The normalized spacial score (nSPS) is 10.9. The van der Waals surface area contributed by atoms with Gasteiger partial charge in [0.2, 0.25) is 0 Å². The summed E-state index contributed by atoms with van der Waals surface area (Å²) in [6.45, 7) is 30.4. The van der Waals surface area contributed by atoms with E-state index >= 15 is 0 Å². The number of nitrogen functional groups attached to an aromatic ring is 1. The molecule has 0 spiro atoms. The molecule has 3 aromatic heterocycles. The van der Waals surface area contributed by atoms with Gasteiger partial charge in [0.25, 0.3) is 6.47 Å². The van der Waals surface area contributed by atoms with E-state index in [1.165, 1.54) is 13.8 Å². The number of hydrogen-bond acceptors (Lipinski definition) is 11. The third-order valence-corrected chi connectivity index (χ3v) is 14.1. The zero-order chi connectivity index (χ0) is 69.0. The molecule has 5 aromatic carbocycles. The summed E-state index contributed by atoms with van der Waals surface area (Å²) in [5.74, 6) is -0.254. The van der Waals surface area contributed by atoms with E-state index in [9.17, 15) is 9.59 Å². The second-order valence-corrected chi connectivity index (χ2v) is 26.1. The minimum atomic E-state index is -0.250. The van der Waals surface area contributed by atoms with Crippen LogP contribution in [0, 0.1) is 69.2 Å². The van der Waals surface area contributed by atoms with E-state index in [0.717, 1.165) is 124 Å². The Bertz CT molecular complexity index is 3460. The van der Waals surface area contributed by atoms with Crippen LogP contribution in [-0.2, 0) is 31.1 Å². The average Bonchev–Trinajstić information content (AvgIpc) is 1.80. The number of Topliss-reactive ketones (excluding diaryl/α,β-unsaturated/α-hetero) is 2. The third-order valence-electron chi connectivity index (χ3n) is 12.6. The number of ketones is 2. The molecule has 3 N–H and O–H groups in total. The Morgan fingerprint density at radius 2 is 0.570 bits per heavy atom. The van der Waals surface area contributed by atoms with Gasteiger partial charge in [-0.2, -0.15) is 0 Å². The quantitative estimate of drug-likeness (QED) is 0.0445. The Balaban J connectivity index is 0.00000124. The van der Waals surface area contributed by atoms with E-state index < -0.39 is 0 Å². The van der Waals surface area contributed by atoms with E-state index in [1.807, 2.05) is 170 Å². The first-order valence-electron chi connectivity index (χ1n) is 27.3. The Morgan fingerprint density at radius 3 is 0.763 bits per heavy atom. The first-order chi connectivity index (χ1) is 42.8. The fourth-order valence-corrected chi connectivity index (χ4v) is 10.3. The number of halogens is 9. The van der Waals surface area contributed by atoms with E-state index in [1.54, 1.807) is 18.2 Å². The number of aromatic nitrogens is 3. The second-order valence-electron chi connectivity index (χ2n) is 20.5. The van der Waals surface area contributed by atoms with Crippen molar-refractivity contribution in [3.63, 3.8) is 0 Å². The van der Waals surface area contributed by atoms with Gasteiger partial charge in [0.05, 0.1) is 99.2 Å². The van der Waals surface area contributed by atoms with Crippen LogP contribution >= 0.6 is 98.4 Å². The number of aliphatic imine (C=N–C) groups is 4. The van der Waals surface area contributed by atoms with Gasteiger partial charge in [-0.05, 0) is 219 Å². The average molecular weight is 1530 g/mol. The van der Waals surface area contributed by atoms with Crippen LogP contribution in [0.25, 0.3) is 0 Å². The number of pyridine rings is 3. The van der Waals surface area contributed by atoms with Gasteiger partial charge in [-0.1, -0.05) is 121 Å². The molecule has 93 heavy (non-hydrogen) atoms. The first kappa shape index (κ1) is 87.5. The van der Waals surface area contributed by atoms with Gasteiger partial charge in [0, 0.05) is 13.8 Å². The predicted octanol–water partition coefficient (Wildman–Crippen LogP) is 23.6. The summed E-state index contributed by atoms with van der Waals surface area (Å²) in [7, 11) is 19.1. The molecule has 0 fully saturated rings. The molecule has 3 heterocycles. The Morgan fingerprint density at radius 1 is 0.387 bits per heavy atom. The number of hydrogen-bond donors (Lipinski definition) is 2. The molecule has 0 saturated heterocycles. The molecule has 0 unspecified atom stereocenters. The van der Waals surface area contributed by atoms with E-state index in [4.69, 9.17) is 144 Å². The van der Waals surface area contributed by atoms with Gasteiger partial charge in [0.1, 0.15) is 11.4 Å². The van der Waals surface area contributed by atoms with Gasteiger partial charge >= 0.3 is 66.7 Å². The van der Waals surface area contributed by atoms with Gasteiger partial charge < -0.3 is 10.8 Å². The number of anilines is 1. The van der Waals surface area contributed by atoms with Crippen LogP contribution in [0.2, 0.25) is 25.1 Å². The van der Waals surface area contributed by atoms with Crippen LogP contribution in [0.15, 0.2) is 135 Å². The van der Waals surface area contributed by atoms with Crippen molar-refractivity contribution < 1.29 is 45.8 Å². The van der Waals surface area contributed by atoms with Gasteiger partial charge in [-0.15, -0.1) is 0 Å². The van der Waals surface area contributed by atoms with Gasteiger partial charge in [-0.3, -0.25) is 14.4 Å². The monoisotopic (exact) mass is 1520 g/mol. The van der Waals surface area contributed by atoms with E-state index in [-0.39, 0.29) is 59.2 Å². The standard InChI is InChI=1S/2C25H25Cl2N3.C9H9NO2.C8H10ClN.CH2O2.2CH4.4ClH.2Fe/c2*1-14-10-16(3)24(20(26)12-14)28-18(5)22-8-7-9-23(30-22)19(6)29-25-17(4)11-15(2)13-21(25)27;1-6(11)8-4-3-5-9(10-8)7(2)12;1-5-3-6(2)8(10)7(9)4-5;2-1-3;;;;;;;;/h2*7-13H,1-6H3;3-5H,1-2H3;3-4H,10H2,1-2H3;1H,(H,2,3);2*1H4;4*1H;;/q;;;;;;;;;;;2*+2/p-4. The van der Waals surface area contributed by atoms with Crippen LogP contribution in [0.3, 0.4) is 0 Å². The topological polar surface area (TPSA) is 186 Å². The molecular formula is C70H79Cl9Fe2N8O4. The molecule has 502 valence electrons. The molecule has 0 radical (unpaired) electrons. The Hall–Kier alpha value is -5.51. The first-order valence-corrected chi connectivity index (χ1v) is 35.3. The number of nitrogens with two attached hydrogens (primary N) is 1. The zero-order valence-electron chi connectivity index (χ0n) is 53.0. The van der Waals surface area contributed by atoms with Crippen LogP contribution in [0.1, 0.15) is 156 Å². The van der Waals surface area contributed by atoms with Gasteiger partial charge in [0.15, 0.2) is 11.6 Å². The van der Waals surface area contributed by atoms with Gasteiger partial charge in [-0.25, -0.2) is 34.9 Å². The molecule has 0 atom stereocenters. The predicted molar refractivity (Wildman–Crippen MR) is 395 cm³/mol. The van der Waals surface area contributed by atoms with Crippen molar-refractivity contribution in [2.75, 3.05) is 5.73 Å². The summed E-state index contributed by atoms with van der Waals surface area (Å²) in [4.78, 5) is 62.5. The van der Waals surface area contributed by atoms with Crippen LogP contribution in [0.5, 0.6) is 0 Å². The molecule has 0 amide bonds. The number of carbonyl (C=O) groups is 3. The third kappa shape index (κ3) is 29.6. The number of benzene rings is 5. The summed E-state index contributed by atoms with van der Waals surface area (Å²) in [6.07, 6.45) is 0. The van der Waals surface area contributed by atoms with Crippen molar-refractivity contribution in [2.45, 2.75) is 126 Å². The number of aryl methyl sites for hydroxylation is 10. The molecule has 0 aliphatic carbocycles. The van der Waals surface area contributed by atoms with E-state index in [0.29, 0.717) is 42.2 Å². The maximum absolute atomic E-state index is 10.8. The second kappa shape index (κ2) is 44.3. The molecule has 0 saturated carbocycles. The van der Waals surface area contributed by atoms with Crippen molar-refractivity contribution in [1.29, 1.82) is 0 Å². The number of carboxylic acid groups (broad SMARTS) is 1. The van der Waals surface area contributed by atoms with Crippen molar-refractivity contribution in [3.05, 3.63) is 230 Å². The number of rotatable bonds is 10.